The van der Waals surface area contributed by atoms with Crippen molar-refractivity contribution in [3.8, 4) is 5.69 Å². The van der Waals surface area contributed by atoms with Crippen LogP contribution < -0.4 is 10.6 Å². The summed E-state index contributed by atoms with van der Waals surface area (Å²) in [5, 5.41) is 10.5. The number of para-hydroxylation sites is 1. The van der Waals surface area contributed by atoms with Gasteiger partial charge in [-0.25, -0.2) is 4.68 Å². The minimum absolute atomic E-state index is 0.0384. The Morgan fingerprint density at radius 3 is 2.85 bits per heavy atom. The number of nitrogens with one attached hydrogen (secondary N) is 2. The first-order valence-corrected chi connectivity index (χ1v) is 6.86. The summed E-state index contributed by atoms with van der Waals surface area (Å²) >= 11 is 0. The van der Waals surface area contributed by atoms with Gasteiger partial charge in [-0.1, -0.05) is 18.2 Å². The lowest BCUT2D eigenvalue weighted by atomic mass is 10.0. The molecule has 0 spiro atoms. The largest absolute Gasteiger partial charge is 0.349 e. The Morgan fingerprint density at radius 2 is 2.20 bits per heavy atom. The molecule has 3 rings (SSSR count). The first-order valence-electron chi connectivity index (χ1n) is 6.86. The number of amides is 1. The summed E-state index contributed by atoms with van der Waals surface area (Å²) in [5.41, 5.74) is 2.06. The first kappa shape index (κ1) is 12.9. The van der Waals surface area contributed by atoms with Gasteiger partial charge in [-0.2, -0.15) is 5.10 Å². The molecule has 2 N–H and O–H groups in total. The van der Waals surface area contributed by atoms with Crippen molar-refractivity contribution in [3.63, 3.8) is 0 Å². The van der Waals surface area contributed by atoms with Crippen molar-refractivity contribution >= 4 is 5.91 Å². The lowest BCUT2D eigenvalue weighted by Crippen LogP contribution is -2.51. The van der Waals surface area contributed by atoms with Crippen molar-refractivity contribution in [2.45, 2.75) is 13.0 Å². The molecule has 20 heavy (non-hydrogen) atoms. The Balaban J connectivity index is 1.80. The Labute approximate surface area is 118 Å². The second-order valence-corrected chi connectivity index (χ2v) is 5.09. The van der Waals surface area contributed by atoms with Gasteiger partial charge in [0.15, 0.2) is 0 Å². The van der Waals surface area contributed by atoms with Gasteiger partial charge < -0.3 is 10.6 Å². The van der Waals surface area contributed by atoms with E-state index >= 15 is 0 Å². The fraction of sp³-hybridized carbons (Fsp3) is 0.333. The number of carbonyl (C=O) groups is 1. The Bertz CT molecular complexity index is 590. The summed E-state index contributed by atoms with van der Waals surface area (Å²) in [6.45, 7) is 3.56. The topological polar surface area (TPSA) is 59.0 Å². The number of benzene rings is 1. The molecule has 1 aliphatic heterocycles. The standard InChI is InChI=1S/C15H18N4O/c1-11(18-15(20)12-9-16-10-12)13-5-2-3-6-14(13)19-8-4-7-17-19/h2-8,11-12,16H,9-10H2,1H3,(H,18,20). The second-order valence-electron chi connectivity index (χ2n) is 5.09. The van der Waals surface area contributed by atoms with Crippen LogP contribution in [-0.2, 0) is 4.79 Å². The molecule has 1 saturated heterocycles. The average molecular weight is 270 g/mol. The van der Waals surface area contributed by atoms with Crippen molar-refractivity contribution < 1.29 is 4.79 Å². The molecular formula is C15H18N4O. The third-order valence-corrected chi connectivity index (χ3v) is 3.67. The van der Waals surface area contributed by atoms with Crippen molar-refractivity contribution in [1.29, 1.82) is 0 Å². The molecular weight excluding hydrogens is 252 g/mol. The van der Waals surface area contributed by atoms with E-state index in [1.54, 1.807) is 6.20 Å². The minimum atomic E-state index is -0.0384. The lowest BCUT2D eigenvalue weighted by molar-refractivity contribution is -0.127. The SMILES string of the molecule is CC(NC(=O)C1CNC1)c1ccccc1-n1cccn1. The quantitative estimate of drug-likeness (QED) is 0.879. The maximum atomic E-state index is 12.0. The fourth-order valence-corrected chi connectivity index (χ4v) is 2.36. The van der Waals surface area contributed by atoms with E-state index in [0.717, 1.165) is 24.3 Å². The van der Waals surface area contributed by atoms with E-state index in [1.807, 2.05) is 48.1 Å². The van der Waals surface area contributed by atoms with Crippen LogP contribution in [0.5, 0.6) is 0 Å². The van der Waals surface area contributed by atoms with Crippen LogP contribution in [0.25, 0.3) is 5.69 Å². The molecule has 1 amide bonds. The summed E-state index contributed by atoms with van der Waals surface area (Å²) in [6, 6.07) is 9.85. The van der Waals surface area contributed by atoms with E-state index in [2.05, 4.69) is 15.7 Å². The van der Waals surface area contributed by atoms with Gasteiger partial charge in [-0.15, -0.1) is 0 Å². The van der Waals surface area contributed by atoms with E-state index in [-0.39, 0.29) is 17.9 Å². The molecule has 0 bridgehead atoms. The highest BCUT2D eigenvalue weighted by molar-refractivity contribution is 5.80. The summed E-state index contributed by atoms with van der Waals surface area (Å²) in [5.74, 6) is 0.223. The maximum absolute atomic E-state index is 12.0. The van der Waals surface area contributed by atoms with E-state index in [4.69, 9.17) is 0 Å². The highest BCUT2D eigenvalue weighted by atomic mass is 16.2. The Kier molecular flexibility index (Phi) is 3.52. The molecule has 1 aromatic carbocycles. The zero-order valence-electron chi connectivity index (χ0n) is 11.4. The Hall–Kier alpha value is -2.14. The van der Waals surface area contributed by atoms with Gasteiger partial charge in [-0.05, 0) is 24.6 Å². The van der Waals surface area contributed by atoms with Gasteiger partial charge >= 0.3 is 0 Å². The van der Waals surface area contributed by atoms with Crippen LogP contribution in [0.1, 0.15) is 18.5 Å². The van der Waals surface area contributed by atoms with Crippen molar-refractivity contribution in [2.75, 3.05) is 13.1 Å². The third-order valence-electron chi connectivity index (χ3n) is 3.67. The smallest absolute Gasteiger partial charge is 0.226 e. The van der Waals surface area contributed by atoms with Gasteiger partial charge in [-0.3, -0.25) is 4.79 Å². The van der Waals surface area contributed by atoms with Gasteiger partial charge in [0.2, 0.25) is 5.91 Å². The van der Waals surface area contributed by atoms with E-state index in [9.17, 15) is 4.79 Å². The van der Waals surface area contributed by atoms with Crippen molar-refractivity contribution in [3.05, 3.63) is 48.3 Å². The molecule has 1 fully saturated rings. The summed E-state index contributed by atoms with van der Waals surface area (Å²) < 4.78 is 1.82. The maximum Gasteiger partial charge on any atom is 0.226 e. The predicted octanol–water partition coefficient (Wildman–Crippen LogP) is 1.27. The molecule has 5 nitrogen and oxygen atoms in total. The van der Waals surface area contributed by atoms with E-state index in [1.165, 1.54) is 0 Å². The van der Waals surface area contributed by atoms with Crippen LogP contribution in [0.15, 0.2) is 42.7 Å². The number of carbonyl (C=O) groups excluding carboxylic acids is 1. The number of nitrogens with zero attached hydrogens (tertiary/aromatic N) is 2. The number of hydrogen-bond acceptors (Lipinski definition) is 3. The molecule has 0 radical (unpaired) electrons. The average Bonchev–Trinajstić information content (AvgIpc) is 2.90. The zero-order chi connectivity index (χ0) is 13.9. The van der Waals surface area contributed by atoms with Gasteiger partial charge in [0.25, 0.3) is 0 Å². The second kappa shape index (κ2) is 5.46. The monoisotopic (exact) mass is 270 g/mol. The van der Waals surface area contributed by atoms with Crippen LogP contribution >= 0.6 is 0 Å². The molecule has 2 aromatic rings. The van der Waals surface area contributed by atoms with E-state index in [0.29, 0.717) is 0 Å². The number of aromatic nitrogens is 2. The minimum Gasteiger partial charge on any atom is -0.349 e. The molecule has 0 aliphatic carbocycles. The van der Waals surface area contributed by atoms with Crippen LogP contribution in [-0.4, -0.2) is 28.8 Å². The number of hydrogen-bond donors (Lipinski definition) is 2. The van der Waals surface area contributed by atoms with Crippen LogP contribution in [0.4, 0.5) is 0 Å². The van der Waals surface area contributed by atoms with Crippen LogP contribution in [0.3, 0.4) is 0 Å². The van der Waals surface area contributed by atoms with Crippen LogP contribution in [0.2, 0.25) is 0 Å². The third kappa shape index (κ3) is 2.44. The molecule has 1 aliphatic rings. The van der Waals surface area contributed by atoms with Crippen LogP contribution in [0, 0.1) is 5.92 Å². The molecule has 1 atom stereocenters. The highest BCUT2D eigenvalue weighted by Crippen LogP contribution is 2.21. The highest BCUT2D eigenvalue weighted by Gasteiger charge is 2.26. The summed E-state index contributed by atoms with van der Waals surface area (Å²) in [6.07, 6.45) is 3.66. The van der Waals surface area contributed by atoms with Crippen molar-refractivity contribution in [1.82, 2.24) is 20.4 Å². The summed E-state index contributed by atoms with van der Waals surface area (Å²) in [7, 11) is 0. The predicted molar refractivity (Wildman–Crippen MR) is 76.5 cm³/mol. The fourth-order valence-electron chi connectivity index (χ4n) is 2.36. The van der Waals surface area contributed by atoms with Crippen molar-refractivity contribution in [2.24, 2.45) is 5.92 Å². The number of rotatable bonds is 4. The van der Waals surface area contributed by atoms with E-state index < -0.39 is 0 Å². The molecule has 5 heteroatoms. The molecule has 2 heterocycles. The lowest BCUT2D eigenvalue weighted by Gasteiger charge is -2.28. The molecule has 104 valence electrons. The molecule has 0 saturated carbocycles. The van der Waals surface area contributed by atoms with Gasteiger partial charge in [0.1, 0.15) is 0 Å². The first-order chi connectivity index (χ1) is 9.75. The molecule has 1 aromatic heterocycles. The zero-order valence-corrected chi connectivity index (χ0v) is 11.4. The normalized spacial score (nSPS) is 16.4. The van der Waals surface area contributed by atoms with Gasteiger partial charge in [0.05, 0.1) is 17.6 Å². The molecule has 1 unspecified atom stereocenters. The van der Waals surface area contributed by atoms with Gasteiger partial charge in [0, 0.05) is 25.5 Å². The summed E-state index contributed by atoms with van der Waals surface area (Å²) in [4.78, 5) is 12.0. The Morgan fingerprint density at radius 1 is 1.40 bits per heavy atom.